The van der Waals surface area contributed by atoms with Gasteiger partial charge < -0.3 is 0 Å². The molecule has 0 bridgehead atoms. The van der Waals surface area contributed by atoms with E-state index in [2.05, 4.69) is 99.7 Å². The minimum atomic E-state index is 0.970. The van der Waals surface area contributed by atoms with Crippen molar-refractivity contribution in [2.75, 3.05) is 0 Å². The first kappa shape index (κ1) is 22.0. The van der Waals surface area contributed by atoms with E-state index in [9.17, 15) is 0 Å². The van der Waals surface area contributed by atoms with Crippen molar-refractivity contribution < 1.29 is 0 Å². The summed E-state index contributed by atoms with van der Waals surface area (Å²) in [6.45, 7) is 6.43. The summed E-state index contributed by atoms with van der Waals surface area (Å²) >= 11 is 0. The average Bonchev–Trinajstić information content (AvgIpc) is 3.08. The Kier molecular flexibility index (Phi) is 7.11. The van der Waals surface area contributed by atoms with Gasteiger partial charge in [-0.1, -0.05) is 91.8 Å². The van der Waals surface area contributed by atoms with Crippen molar-refractivity contribution in [1.82, 2.24) is 4.98 Å². The summed E-state index contributed by atoms with van der Waals surface area (Å²) in [5.74, 6) is 0. The molecule has 4 rings (SSSR count). The van der Waals surface area contributed by atoms with Crippen LogP contribution in [0.4, 0.5) is 5.69 Å². The third-order valence-electron chi connectivity index (χ3n) is 5.95. The molecule has 2 nitrogen and oxygen atoms in total. The summed E-state index contributed by atoms with van der Waals surface area (Å²) < 4.78 is 0. The molecule has 2 heteroatoms. The predicted molar refractivity (Wildman–Crippen MR) is 139 cm³/mol. The van der Waals surface area contributed by atoms with Gasteiger partial charge >= 0.3 is 0 Å². The van der Waals surface area contributed by atoms with Crippen molar-refractivity contribution >= 4 is 22.3 Å². The van der Waals surface area contributed by atoms with E-state index in [4.69, 9.17) is 9.98 Å². The Morgan fingerprint density at radius 2 is 1.84 bits per heavy atom. The third kappa shape index (κ3) is 5.13. The van der Waals surface area contributed by atoms with E-state index < -0.39 is 0 Å². The fraction of sp³-hybridized carbons (Fsp3) is 0.267. The molecule has 0 N–H and O–H groups in total. The zero-order valence-corrected chi connectivity index (χ0v) is 19.4. The second kappa shape index (κ2) is 10.4. The minimum Gasteiger partial charge on any atom is -0.256 e. The van der Waals surface area contributed by atoms with Crippen LogP contribution in [0.1, 0.15) is 50.8 Å². The lowest BCUT2D eigenvalue weighted by atomic mass is 9.95. The molecule has 1 heterocycles. The maximum Gasteiger partial charge on any atom is 0.0970 e. The number of allylic oxidation sites excluding steroid dienone is 6. The summed E-state index contributed by atoms with van der Waals surface area (Å²) in [5, 5.41) is 1.17. The SMILES string of the molecule is CCCC(C)=Nc1c(CCC2=CC=CC=CC2)ccc2c(-c3ccccc3)cc(C)nc12. The molecule has 0 saturated carbocycles. The zero-order valence-electron chi connectivity index (χ0n) is 19.4. The molecule has 162 valence electrons. The van der Waals surface area contributed by atoms with Gasteiger partial charge in [-0.15, -0.1) is 0 Å². The number of hydrogen-bond acceptors (Lipinski definition) is 2. The lowest BCUT2D eigenvalue weighted by Gasteiger charge is -2.15. The summed E-state index contributed by atoms with van der Waals surface area (Å²) in [6, 6.07) is 17.3. The lowest BCUT2D eigenvalue weighted by Crippen LogP contribution is -1.97. The van der Waals surface area contributed by atoms with Crippen LogP contribution in [0.15, 0.2) is 89.5 Å². The fourth-order valence-electron chi connectivity index (χ4n) is 4.34. The molecule has 0 unspecified atom stereocenters. The molecule has 0 fully saturated rings. The first-order chi connectivity index (χ1) is 15.7. The highest BCUT2D eigenvalue weighted by atomic mass is 14.8. The second-order valence-electron chi connectivity index (χ2n) is 8.59. The van der Waals surface area contributed by atoms with Gasteiger partial charge in [-0.05, 0) is 62.3 Å². The lowest BCUT2D eigenvalue weighted by molar-refractivity contribution is 0.911. The average molecular weight is 421 g/mol. The van der Waals surface area contributed by atoms with Crippen molar-refractivity contribution in [1.29, 1.82) is 0 Å². The number of aliphatic imine (C=N–C) groups is 1. The Bertz CT molecular complexity index is 1210. The number of pyridine rings is 1. The summed E-state index contributed by atoms with van der Waals surface area (Å²) in [6.07, 6.45) is 16.0. The summed E-state index contributed by atoms with van der Waals surface area (Å²) in [5.41, 5.74) is 9.45. The van der Waals surface area contributed by atoms with Gasteiger partial charge in [0.15, 0.2) is 0 Å². The highest BCUT2D eigenvalue weighted by Gasteiger charge is 2.14. The van der Waals surface area contributed by atoms with E-state index >= 15 is 0 Å². The van der Waals surface area contributed by atoms with Gasteiger partial charge in [-0.3, -0.25) is 9.98 Å². The van der Waals surface area contributed by atoms with Gasteiger partial charge in [0.25, 0.3) is 0 Å². The summed E-state index contributed by atoms with van der Waals surface area (Å²) in [4.78, 5) is 10.1. The van der Waals surface area contributed by atoms with E-state index in [0.29, 0.717) is 0 Å². The van der Waals surface area contributed by atoms with Gasteiger partial charge in [-0.25, -0.2) is 0 Å². The van der Waals surface area contributed by atoms with Crippen molar-refractivity contribution in [2.45, 2.75) is 52.9 Å². The van der Waals surface area contributed by atoms with Gasteiger partial charge in [0.05, 0.1) is 11.2 Å². The molecular formula is C30H32N2. The van der Waals surface area contributed by atoms with Gasteiger partial charge in [-0.2, -0.15) is 0 Å². The maximum absolute atomic E-state index is 5.14. The third-order valence-corrected chi connectivity index (χ3v) is 5.95. The molecular weight excluding hydrogens is 388 g/mol. The van der Waals surface area contributed by atoms with Crippen LogP contribution in [-0.2, 0) is 6.42 Å². The Morgan fingerprint density at radius 1 is 1.00 bits per heavy atom. The molecule has 3 aromatic rings. The molecule has 2 aromatic carbocycles. The summed E-state index contributed by atoms with van der Waals surface area (Å²) in [7, 11) is 0. The Labute approximate surface area is 192 Å². The van der Waals surface area contributed by atoms with Gasteiger partial charge in [0.1, 0.15) is 0 Å². The number of fused-ring (bicyclic) bond motifs is 1. The van der Waals surface area contributed by atoms with Crippen LogP contribution in [0.25, 0.3) is 22.0 Å². The van der Waals surface area contributed by atoms with Crippen LogP contribution < -0.4 is 0 Å². The van der Waals surface area contributed by atoms with Crippen LogP contribution in [0.5, 0.6) is 0 Å². The molecule has 32 heavy (non-hydrogen) atoms. The molecule has 0 radical (unpaired) electrons. The van der Waals surface area contributed by atoms with E-state index in [0.717, 1.165) is 49.0 Å². The van der Waals surface area contributed by atoms with Crippen LogP contribution in [-0.4, -0.2) is 10.7 Å². The van der Waals surface area contributed by atoms with E-state index in [1.54, 1.807) is 0 Å². The normalized spacial score (nSPS) is 14.0. The van der Waals surface area contributed by atoms with Crippen molar-refractivity contribution in [2.24, 2.45) is 4.99 Å². The van der Waals surface area contributed by atoms with Crippen molar-refractivity contribution in [3.8, 4) is 11.1 Å². The first-order valence-corrected chi connectivity index (χ1v) is 11.7. The van der Waals surface area contributed by atoms with Gasteiger partial charge in [0.2, 0.25) is 0 Å². The molecule has 0 saturated heterocycles. The molecule has 0 spiro atoms. The predicted octanol–water partition coefficient (Wildman–Crippen LogP) is 8.48. The molecule has 1 aromatic heterocycles. The van der Waals surface area contributed by atoms with Gasteiger partial charge in [0, 0.05) is 16.8 Å². The van der Waals surface area contributed by atoms with Crippen LogP contribution in [0.2, 0.25) is 0 Å². The molecule has 0 amide bonds. The Balaban J connectivity index is 1.83. The quantitative estimate of drug-likeness (QED) is 0.352. The number of rotatable bonds is 7. The molecule has 1 aliphatic carbocycles. The topological polar surface area (TPSA) is 25.2 Å². The second-order valence-corrected chi connectivity index (χ2v) is 8.59. The fourth-order valence-corrected chi connectivity index (χ4v) is 4.34. The maximum atomic E-state index is 5.14. The van der Waals surface area contributed by atoms with E-state index in [1.165, 1.54) is 33.4 Å². The highest BCUT2D eigenvalue weighted by Crippen LogP contribution is 2.37. The monoisotopic (exact) mass is 420 g/mol. The molecule has 1 aliphatic rings. The van der Waals surface area contributed by atoms with E-state index in [-0.39, 0.29) is 0 Å². The Morgan fingerprint density at radius 3 is 2.66 bits per heavy atom. The van der Waals surface area contributed by atoms with Crippen molar-refractivity contribution in [3.05, 3.63) is 95.7 Å². The van der Waals surface area contributed by atoms with Crippen LogP contribution in [0, 0.1) is 6.92 Å². The standard InChI is InChI=1S/C30H32N2/c1-4-12-22(2)31-29-26(18-17-24-13-8-5-6-9-14-24)19-20-27-28(21-23(3)32-30(27)29)25-15-10-7-11-16-25/h5-11,13,15-16,19-21H,4,12,14,17-18H2,1-3H3. The molecule has 0 aliphatic heterocycles. The zero-order chi connectivity index (χ0) is 22.3. The smallest absolute Gasteiger partial charge is 0.0970 e. The highest BCUT2D eigenvalue weighted by molar-refractivity contribution is 6.02. The van der Waals surface area contributed by atoms with Crippen LogP contribution in [0.3, 0.4) is 0 Å². The van der Waals surface area contributed by atoms with Crippen molar-refractivity contribution in [3.63, 3.8) is 0 Å². The number of nitrogens with zero attached hydrogens (tertiary/aromatic N) is 2. The first-order valence-electron chi connectivity index (χ1n) is 11.7. The number of hydrogen-bond donors (Lipinski definition) is 0. The minimum absolute atomic E-state index is 0.970. The number of aromatic nitrogens is 1. The Hall–Kier alpha value is -3.26. The molecule has 0 atom stereocenters. The number of aryl methyl sites for hydroxylation is 2. The largest absolute Gasteiger partial charge is 0.256 e. The number of benzene rings is 2. The van der Waals surface area contributed by atoms with Crippen LogP contribution >= 0.6 is 0 Å². The van der Waals surface area contributed by atoms with E-state index in [1.807, 2.05) is 0 Å².